The first-order valence-corrected chi connectivity index (χ1v) is 11.5. The normalized spacial score (nSPS) is 19.2. The molecule has 2 aromatic rings. The number of nitrogens with zero attached hydrogens (tertiary/aromatic N) is 1. The molecule has 2 aromatic carbocycles. The highest BCUT2D eigenvalue weighted by molar-refractivity contribution is 8.00. The molecule has 8 heteroatoms. The molecule has 2 aliphatic rings. The van der Waals surface area contributed by atoms with Gasteiger partial charge in [-0.15, -0.1) is 11.8 Å². The molecule has 0 bridgehead atoms. The highest BCUT2D eigenvalue weighted by Gasteiger charge is 2.54. The summed E-state index contributed by atoms with van der Waals surface area (Å²) in [4.78, 5) is 38.5. The van der Waals surface area contributed by atoms with Crippen LogP contribution in [-0.4, -0.2) is 52.1 Å². The van der Waals surface area contributed by atoms with E-state index in [0.29, 0.717) is 17.7 Å². The standard InChI is InChI=1S/C25H22N2O5S/c28-14-8-7-13-19-15-33-24-20(26-16-29)23(30)27(24)21(19)25(31)32-22(17-9-3-1-4-10-17)18-11-5-2-6-12-18/h1-6,9-12,16,20,22,24,28H,8,14-15H2,(H,26,29)/t20-,24-/m1/s1. The van der Waals surface area contributed by atoms with Crippen molar-refractivity contribution in [1.82, 2.24) is 10.2 Å². The van der Waals surface area contributed by atoms with Gasteiger partial charge in [0.25, 0.3) is 5.91 Å². The Hall–Kier alpha value is -3.54. The first-order valence-electron chi connectivity index (χ1n) is 10.4. The number of fused-ring (bicyclic) bond motifs is 1. The molecule has 0 radical (unpaired) electrons. The number of amides is 2. The third-order valence-electron chi connectivity index (χ3n) is 5.31. The monoisotopic (exact) mass is 462 g/mol. The number of carbonyl (C=O) groups excluding carboxylic acids is 3. The number of ether oxygens (including phenoxy) is 1. The number of hydrogen-bond acceptors (Lipinski definition) is 6. The molecule has 0 unspecified atom stereocenters. The van der Waals surface area contributed by atoms with Crippen molar-refractivity contribution in [2.75, 3.05) is 12.4 Å². The quantitative estimate of drug-likeness (QED) is 0.283. The van der Waals surface area contributed by atoms with Gasteiger partial charge >= 0.3 is 5.97 Å². The highest BCUT2D eigenvalue weighted by Crippen LogP contribution is 2.41. The van der Waals surface area contributed by atoms with Crippen LogP contribution in [0.3, 0.4) is 0 Å². The van der Waals surface area contributed by atoms with E-state index in [1.807, 2.05) is 60.7 Å². The molecule has 2 heterocycles. The zero-order valence-electron chi connectivity index (χ0n) is 17.6. The molecule has 4 rings (SSSR count). The fraction of sp³-hybridized carbons (Fsp3) is 0.240. The Kier molecular flexibility index (Phi) is 7.13. The predicted octanol–water partition coefficient (Wildman–Crippen LogP) is 1.99. The molecule has 168 valence electrons. The fourth-order valence-corrected chi connectivity index (χ4v) is 5.06. The van der Waals surface area contributed by atoms with Gasteiger partial charge < -0.3 is 15.2 Å². The van der Waals surface area contributed by atoms with Crippen LogP contribution in [0.15, 0.2) is 71.9 Å². The number of aliphatic hydroxyl groups excluding tert-OH is 1. The van der Waals surface area contributed by atoms with E-state index in [1.165, 1.54) is 16.7 Å². The topological polar surface area (TPSA) is 95.9 Å². The molecule has 0 saturated carbocycles. The minimum atomic E-state index is -0.693. The fourth-order valence-electron chi connectivity index (χ4n) is 3.77. The van der Waals surface area contributed by atoms with Gasteiger partial charge in [0.2, 0.25) is 6.41 Å². The van der Waals surface area contributed by atoms with Gasteiger partial charge in [0, 0.05) is 17.7 Å². The van der Waals surface area contributed by atoms with Crippen LogP contribution in [0.1, 0.15) is 23.7 Å². The number of benzene rings is 2. The molecule has 7 nitrogen and oxygen atoms in total. The van der Waals surface area contributed by atoms with Crippen molar-refractivity contribution in [2.24, 2.45) is 0 Å². The SMILES string of the molecule is O=CN[C@@H]1C(=O)N2C(C(=O)OC(c3ccccc3)c3ccccc3)=C(C#CCCO)CS[C@H]12. The van der Waals surface area contributed by atoms with Gasteiger partial charge in [0.05, 0.1) is 6.61 Å². The summed E-state index contributed by atoms with van der Waals surface area (Å²) >= 11 is 1.42. The number of β-lactam (4-membered cyclic amide) rings is 1. The summed E-state index contributed by atoms with van der Waals surface area (Å²) in [7, 11) is 0. The van der Waals surface area contributed by atoms with Crippen LogP contribution in [0.25, 0.3) is 0 Å². The van der Waals surface area contributed by atoms with Crippen LogP contribution in [0.2, 0.25) is 0 Å². The Bertz CT molecular complexity index is 1080. The van der Waals surface area contributed by atoms with Crippen LogP contribution in [0.4, 0.5) is 0 Å². The van der Waals surface area contributed by atoms with Gasteiger partial charge in [-0.1, -0.05) is 72.5 Å². The maximum Gasteiger partial charge on any atom is 0.357 e. The Balaban J connectivity index is 1.69. The second kappa shape index (κ2) is 10.4. The summed E-state index contributed by atoms with van der Waals surface area (Å²) in [6.07, 6.45) is 0.0618. The first-order chi connectivity index (χ1) is 16.2. The lowest BCUT2D eigenvalue weighted by molar-refractivity contribution is -0.154. The summed E-state index contributed by atoms with van der Waals surface area (Å²) < 4.78 is 5.99. The van der Waals surface area contributed by atoms with E-state index in [4.69, 9.17) is 9.84 Å². The van der Waals surface area contributed by atoms with E-state index in [1.54, 1.807) is 0 Å². The zero-order valence-corrected chi connectivity index (χ0v) is 18.5. The summed E-state index contributed by atoms with van der Waals surface area (Å²) in [5.74, 6) is 5.09. The van der Waals surface area contributed by atoms with Crippen LogP contribution in [0.5, 0.6) is 0 Å². The Morgan fingerprint density at radius 3 is 2.39 bits per heavy atom. The molecule has 1 fully saturated rings. The van der Waals surface area contributed by atoms with Crippen molar-refractivity contribution in [3.63, 3.8) is 0 Å². The van der Waals surface area contributed by atoms with Gasteiger partial charge in [-0.05, 0) is 11.1 Å². The molecule has 2 atom stereocenters. The molecular formula is C25H22N2O5S. The van der Waals surface area contributed by atoms with E-state index in [9.17, 15) is 14.4 Å². The number of hydrogen-bond donors (Lipinski definition) is 2. The smallest absolute Gasteiger partial charge is 0.357 e. The second-order valence-electron chi connectivity index (χ2n) is 7.38. The second-order valence-corrected chi connectivity index (χ2v) is 8.49. The van der Waals surface area contributed by atoms with Crippen molar-refractivity contribution in [3.05, 3.63) is 83.1 Å². The van der Waals surface area contributed by atoms with Crippen LogP contribution in [0, 0.1) is 11.8 Å². The maximum atomic E-state index is 13.5. The number of esters is 1. The van der Waals surface area contributed by atoms with E-state index in [0.717, 1.165) is 11.1 Å². The van der Waals surface area contributed by atoms with Crippen LogP contribution in [-0.2, 0) is 19.1 Å². The molecule has 0 spiro atoms. The molecule has 2 amide bonds. The average molecular weight is 463 g/mol. The van der Waals surface area contributed by atoms with E-state index >= 15 is 0 Å². The minimum absolute atomic E-state index is 0.0926. The molecule has 0 aliphatic carbocycles. The van der Waals surface area contributed by atoms with Crippen molar-refractivity contribution >= 4 is 30.0 Å². The van der Waals surface area contributed by atoms with Gasteiger partial charge in [-0.25, -0.2) is 4.79 Å². The van der Waals surface area contributed by atoms with Crippen LogP contribution >= 0.6 is 11.8 Å². The molecule has 2 N–H and O–H groups in total. The third-order valence-corrected chi connectivity index (χ3v) is 6.59. The summed E-state index contributed by atoms with van der Waals surface area (Å²) in [6, 6.07) is 18.0. The van der Waals surface area contributed by atoms with Crippen molar-refractivity contribution in [2.45, 2.75) is 23.9 Å². The summed E-state index contributed by atoms with van der Waals surface area (Å²) in [5, 5.41) is 11.2. The number of thioether (sulfide) groups is 1. The van der Waals surface area contributed by atoms with E-state index in [-0.39, 0.29) is 24.6 Å². The Morgan fingerprint density at radius 2 is 1.82 bits per heavy atom. The Morgan fingerprint density at radius 1 is 1.18 bits per heavy atom. The number of nitrogens with one attached hydrogen (secondary N) is 1. The van der Waals surface area contributed by atoms with E-state index in [2.05, 4.69) is 17.2 Å². The highest BCUT2D eigenvalue weighted by atomic mass is 32.2. The van der Waals surface area contributed by atoms with E-state index < -0.39 is 23.5 Å². The summed E-state index contributed by atoms with van der Waals surface area (Å²) in [6.45, 7) is -0.103. The minimum Gasteiger partial charge on any atom is -0.448 e. The molecule has 1 saturated heterocycles. The van der Waals surface area contributed by atoms with Crippen molar-refractivity contribution in [3.8, 4) is 11.8 Å². The van der Waals surface area contributed by atoms with Crippen LogP contribution < -0.4 is 5.32 Å². The lowest BCUT2D eigenvalue weighted by Gasteiger charge is -2.48. The molecule has 2 aliphatic heterocycles. The Labute approximate surface area is 195 Å². The van der Waals surface area contributed by atoms with Gasteiger partial charge in [-0.3, -0.25) is 14.5 Å². The lowest BCUT2D eigenvalue weighted by Crippen LogP contribution is -2.69. The average Bonchev–Trinajstić information content (AvgIpc) is 2.86. The zero-order chi connectivity index (χ0) is 23.2. The van der Waals surface area contributed by atoms with Gasteiger partial charge in [0.1, 0.15) is 17.1 Å². The summed E-state index contributed by atoms with van der Waals surface area (Å²) in [5.41, 5.74) is 2.15. The number of rotatable bonds is 7. The number of aliphatic hydroxyl groups is 1. The molecular weight excluding hydrogens is 440 g/mol. The van der Waals surface area contributed by atoms with Crippen molar-refractivity contribution in [1.29, 1.82) is 0 Å². The largest absolute Gasteiger partial charge is 0.448 e. The van der Waals surface area contributed by atoms with Gasteiger partial charge in [-0.2, -0.15) is 0 Å². The molecule has 0 aromatic heterocycles. The molecule has 33 heavy (non-hydrogen) atoms. The number of carbonyl (C=O) groups is 3. The predicted molar refractivity (Wildman–Crippen MR) is 123 cm³/mol. The van der Waals surface area contributed by atoms with Gasteiger partial charge in [0.15, 0.2) is 6.10 Å². The lowest BCUT2D eigenvalue weighted by atomic mass is 10.0. The maximum absolute atomic E-state index is 13.5. The third kappa shape index (κ3) is 4.65. The van der Waals surface area contributed by atoms with Crippen molar-refractivity contribution < 1.29 is 24.2 Å². The first kappa shape index (κ1) is 22.6.